The molecule has 124 valence electrons. The second kappa shape index (κ2) is 7.94. The van der Waals surface area contributed by atoms with Crippen LogP contribution in [0.15, 0.2) is 16.8 Å². The molecule has 1 aromatic heterocycles. The summed E-state index contributed by atoms with van der Waals surface area (Å²) in [4.78, 5) is 14.1. The van der Waals surface area contributed by atoms with Gasteiger partial charge in [0.15, 0.2) is 0 Å². The molecule has 2 rings (SSSR count). The summed E-state index contributed by atoms with van der Waals surface area (Å²) in [6.45, 7) is 3.19. The van der Waals surface area contributed by atoms with Gasteiger partial charge in [0, 0.05) is 19.6 Å². The van der Waals surface area contributed by atoms with E-state index in [-0.39, 0.29) is 17.8 Å². The van der Waals surface area contributed by atoms with Gasteiger partial charge in [-0.2, -0.15) is 11.3 Å². The fraction of sp³-hybridized carbons (Fsp3) is 0.643. The summed E-state index contributed by atoms with van der Waals surface area (Å²) in [7, 11) is -3.15. The molecule has 1 atom stereocenters. The smallest absolute Gasteiger partial charge is 0.317 e. The fourth-order valence-corrected chi connectivity index (χ4v) is 3.90. The van der Waals surface area contributed by atoms with Crippen LogP contribution in [-0.4, -0.2) is 44.7 Å². The number of rotatable bonds is 7. The standard InChI is InChI=1S/C14H23N3O3S2/c1-2-22(19,20)16-8-4-7-15-14(18)17-9-3-5-13(17)12-6-10-21-11-12/h6,10-11,13,16H,2-5,7-9H2,1H3,(H,15,18)/t13-/m1/s1. The lowest BCUT2D eigenvalue weighted by Gasteiger charge is -2.24. The van der Waals surface area contributed by atoms with E-state index in [2.05, 4.69) is 21.5 Å². The molecule has 0 radical (unpaired) electrons. The van der Waals surface area contributed by atoms with Crippen molar-refractivity contribution in [3.05, 3.63) is 22.4 Å². The van der Waals surface area contributed by atoms with Crippen LogP contribution in [0.5, 0.6) is 0 Å². The van der Waals surface area contributed by atoms with Gasteiger partial charge in [0.25, 0.3) is 0 Å². The quantitative estimate of drug-likeness (QED) is 0.741. The summed E-state index contributed by atoms with van der Waals surface area (Å²) in [5.41, 5.74) is 1.20. The van der Waals surface area contributed by atoms with Crippen molar-refractivity contribution in [2.45, 2.75) is 32.2 Å². The first-order valence-corrected chi connectivity index (χ1v) is 10.2. The minimum atomic E-state index is -3.15. The van der Waals surface area contributed by atoms with Crippen LogP contribution in [0.25, 0.3) is 0 Å². The molecule has 22 heavy (non-hydrogen) atoms. The van der Waals surface area contributed by atoms with E-state index < -0.39 is 10.0 Å². The van der Waals surface area contributed by atoms with Gasteiger partial charge in [-0.1, -0.05) is 0 Å². The summed E-state index contributed by atoms with van der Waals surface area (Å²) in [5.74, 6) is 0.0788. The number of carbonyl (C=O) groups excluding carboxylic acids is 1. The van der Waals surface area contributed by atoms with Gasteiger partial charge in [0.05, 0.1) is 11.8 Å². The van der Waals surface area contributed by atoms with Crippen LogP contribution in [0.3, 0.4) is 0 Å². The Hall–Kier alpha value is -1.12. The van der Waals surface area contributed by atoms with Gasteiger partial charge in [-0.05, 0) is 48.6 Å². The van der Waals surface area contributed by atoms with Crippen LogP contribution >= 0.6 is 11.3 Å². The first-order chi connectivity index (χ1) is 10.5. The second-order valence-electron chi connectivity index (χ2n) is 5.29. The zero-order valence-electron chi connectivity index (χ0n) is 12.7. The van der Waals surface area contributed by atoms with E-state index >= 15 is 0 Å². The molecule has 2 heterocycles. The molecule has 0 aliphatic carbocycles. The fourth-order valence-electron chi connectivity index (χ4n) is 2.54. The number of likely N-dealkylation sites (tertiary alicyclic amines) is 1. The van der Waals surface area contributed by atoms with Gasteiger partial charge in [-0.25, -0.2) is 17.9 Å². The molecule has 0 unspecified atom stereocenters. The second-order valence-corrected chi connectivity index (χ2v) is 8.17. The van der Waals surface area contributed by atoms with Gasteiger partial charge in [-0.15, -0.1) is 0 Å². The topological polar surface area (TPSA) is 78.5 Å². The maximum absolute atomic E-state index is 12.2. The molecule has 1 aliphatic rings. The van der Waals surface area contributed by atoms with E-state index in [4.69, 9.17) is 0 Å². The van der Waals surface area contributed by atoms with Gasteiger partial charge in [0.1, 0.15) is 0 Å². The van der Waals surface area contributed by atoms with Crippen LogP contribution in [-0.2, 0) is 10.0 Å². The zero-order valence-corrected chi connectivity index (χ0v) is 14.4. The number of thiophene rings is 1. The van der Waals surface area contributed by atoms with Crippen LogP contribution in [0.1, 0.15) is 37.8 Å². The van der Waals surface area contributed by atoms with Crippen molar-refractivity contribution in [2.75, 3.05) is 25.4 Å². The lowest BCUT2D eigenvalue weighted by molar-refractivity contribution is 0.193. The Morgan fingerprint density at radius 3 is 2.95 bits per heavy atom. The van der Waals surface area contributed by atoms with E-state index in [0.717, 1.165) is 19.4 Å². The number of sulfonamides is 1. The van der Waals surface area contributed by atoms with Crippen LogP contribution < -0.4 is 10.0 Å². The lowest BCUT2D eigenvalue weighted by Crippen LogP contribution is -2.40. The Balaban J connectivity index is 1.73. The summed E-state index contributed by atoms with van der Waals surface area (Å²) in [6.07, 6.45) is 2.60. The van der Waals surface area contributed by atoms with E-state index in [0.29, 0.717) is 19.5 Å². The van der Waals surface area contributed by atoms with Crippen molar-refractivity contribution >= 4 is 27.4 Å². The Labute approximate surface area is 135 Å². The minimum absolute atomic E-state index is 0.0629. The summed E-state index contributed by atoms with van der Waals surface area (Å²) in [5, 5.41) is 7.00. The predicted octanol–water partition coefficient (Wildman–Crippen LogP) is 1.92. The van der Waals surface area contributed by atoms with Crippen molar-refractivity contribution in [1.29, 1.82) is 0 Å². The number of nitrogens with one attached hydrogen (secondary N) is 2. The molecule has 8 heteroatoms. The number of hydrogen-bond acceptors (Lipinski definition) is 4. The molecule has 0 spiro atoms. The normalized spacial score (nSPS) is 18.6. The molecular formula is C14H23N3O3S2. The number of hydrogen-bond donors (Lipinski definition) is 2. The third-order valence-electron chi connectivity index (χ3n) is 3.77. The highest BCUT2D eigenvalue weighted by molar-refractivity contribution is 7.89. The largest absolute Gasteiger partial charge is 0.338 e. The van der Waals surface area contributed by atoms with Crippen LogP contribution in [0.2, 0.25) is 0 Å². The lowest BCUT2D eigenvalue weighted by atomic mass is 10.1. The average Bonchev–Trinajstić information content (AvgIpc) is 3.17. The minimum Gasteiger partial charge on any atom is -0.338 e. The number of amides is 2. The van der Waals surface area contributed by atoms with Crippen molar-refractivity contribution in [3.8, 4) is 0 Å². The summed E-state index contributed by atoms with van der Waals surface area (Å²) in [6, 6.07) is 2.18. The molecule has 0 bridgehead atoms. The molecule has 1 aliphatic heterocycles. The molecule has 0 saturated carbocycles. The van der Waals surface area contributed by atoms with Crippen molar-refractivity contribution in [3.63, 3.8) is 0 Å². The first-order valence-electron chi connectivity index (χ1n) is 7.57. The van der Waals surface area contributed by atoms with Crippen molar-refractivity contribution in [1.82, 2.24) is 14.9 Å². The number of nitrogens with zero attached hydrogens (tertiary/aromatic N) is 1. The molecule has 0 aromatic carbocycles. The molecule has 6 nitrogen and oxygen atoms in total. The molecule has 1 aromatic rings. The van der Waals surface area contributed by atoms with Crippen LogP contribution in [0, 0.1) is 0 Å². The third-order valence-corrected chi connectivity index (χ3v) is 5.88. The zero-order chi connectivity index (χ0) is 16.0. The van der Waals surface area contributed by atoms with E-state index in [1.807, 2.05) is 10.3 Å². The maximum Gasteiger partial charge on any atom is 0.317 e. The first kappa shape index (κ1) is 17.2. The highest BCUT2D eigenvalue weighted by atomic mass is 32.2. The van der Waals surface area contributed by atoms with Crippen molar-refractivity contribution in [2.24, 2.45) is 0 Å². The number of urea groups is 1. The Kier molecular flexibility index (Phi) is 6.22. The molecule has 2 amide bonds. The van der Waals surface area contributed by atoms with Crippen molar-refractivity contribution < 1.29 is 13.2 Å². The number of carbonyl (C=O) groups is 1. The highest BCUT2D eigenvalue weighted by Crippen LogP contribution is 2.32. The van der Waals surface area contributed by atoms with Gasteiger partial charge in [-0.3, -0.25) is 0 Å². The Bertz CT molecular complexity index is 572. The third kappa shape index (κ3) is 4.69. The van der Waals surface area contributed by atoms with Gasteiger partial charge < -0.3 is 10.2 Å². The Morgan fingerprint density at radius 2 is 2.27 bits per heavy atom. The van der Waals surface area contributed by atoms with E-state index in [1.54, 1.807) is 18.3 Å². The molecule has 2 N–H and O–H groups in total. The molecule has 1 fully saturated rings. The van der Waals surface area contributed by atoms with Gasteiger partial charge in [0.2, 0.25) is 10.0 Å². The van der Waals surface area contributed by atoms with E-state index in [1.165, 1.54) is 5.56 Å². The maximum atomic E-state index is 12.2. The molecular weight excluding hydrogens is 322 g/mol. The van der Waals surface area contributed by atoms with Crippen LogP contribution in [0.4, 0.5) is 4.79 Å². The molecule has 1 saturated heterocycles. The average molecular weight is 345 g/mol. The highest BCUT2D eigenvalue weighted by Gasteiger charge is 2.29. The summed E-state index contributed by atoms with van der Waals surface area (Å²) < 4.78 is 25.0. The monoisotopic (exact) mass is 345 g/mol. The van der Waals surface area contributed by atoms with Gasteiger partial charge >= 0.3 is 6.03 Å². The SMILES string of the molecule is CCS(=O)(=O)NCCCNC(=O)N1CCC[C@@H]1c1ccsc1. The predicted molar refractivity (Wildman–Crippen MR) is 88.5 cm³/mol. The Morgan fingerprint density at radius 1 is 1.45 bits per heavy atom. The summed E-state index contributed by atoms with van der Waals surface area (Å²) >= 11 is 1.65. The van der Waals surface area contributed by atoms with E-state index in [9.17, 15) is 13.2 Å².